The third-order valence-corrected chi connectivity index (χ3v) is 3.00. The van der Waals surface area contributed by atoms with Crippen molar-refractivity contribution in [1.82, 2.24) is 4.90 Å². The fourth-order valence-electron chi connectivity index (χ4n) is 1.91. The number of aliphatic imine (C=N–C) groups is 1. The lowest BCUT2D eigenvalue weighted by Crippen LogP contribution is -2.24. The van der Waals surface area contributed by atoms with Crippen molar-refractivity contribution in [3.63, 3.8) is 0 Å². The summed E-state index contributed by atoms with van der Waals surface area (Å²) in [4.78, 5) is 6.65. The van der Waals surface area contributed by atoms with Gasteiger partial charge in [-0.15, -0.1) is 6.58 Å². The summed E-state index contributed by atoms with van der Waals surface area (Å²) in [5.74, 6) is 0.659. The molecular weight excluding hydrogens is 239 g/mol. The van der Waals surface area contributed by atoms with Crippen LogP contribution in [0.4, 0.5) is 10.1 Å². The second kappa shape index (κ2) is 5.32. The number of hydrogen-bond donors (Lipinski definition) is 0. The van der Waals surface area contributed by atoms with Crippen LogP contribution in [-0.4, -0.2) is 23.8 Å². The van der Waals surface area contributed by atoms with Crippen molar-refractivity contribution in [1.29, 1.82) is 0 Å². The van der Waals surface area contributed by atoms with Crippen LogP contribution in [0.25, 0.3) is 0 Å². The zero-order valence-electron chi connectivity index (χ0n) is 9.50. The van der Waals surface area contributed by atoms with Gasteiger partial charge in [-0.25, -0.2) is 9.38 Å². The number of halogens is 2. The lowest BCUT2D eigenvalue weighted by atomic mass is 10.3. The molecule has 0 spiro atoms. The van der Waals surface area contributed by atoms with E-state index in [2.05, 4.69) is 16.5 Å². The molecule has 4 heteroatoms. The first-order chi connectivity index (χ1) is 8.20. The number of amidine groups is 1. The number of hydrogen-bond acceptors (Lipinski definition) is 1. The minimum atomic E-state index is -0.340. The molecule has 1 saturated heterocycles. The highest BCUT2D eigenvalue weighted by molar-refractivity contribution is 6.33. The molecule has 0 bridgehead atoms. The van der Waals surface area contributed by atoms with Crippen molar-refractivity contribution >= 4 is 23.1 Å². The lowest BCUT2D eigenvalue weighted by Gasteiger charge is -2.16. The van der Waals surface area contributed by atoms with Crippen LogP contribution in [0.15, 0.2) is 35.8 Å². The molecule has 0 saturated carbocycles. The highest BCUT2D eigenvalue weighted by Gasteiger charge is 2.17. The minimum absolute atomic E-state index is 0.340. The van der Waals surface area contributed by atoms with E-state index in [1.807, 2.05) is 6.08 Å². The van der Waals surface area contributed by atoms with Gasteiger partial charge in [0.05, 0.1) is 10.7 Å². The van der Waals surface area contributed by atoms with Crippen molar-refractivity contribution in [2.24, 2.45) is 4.99 Å². The van der Waals surface area contributed by atoms with Gasteiger partial charge in [0, 0.05) is 19.5 Å². The highest BCUT2D eigenvalue weighted by Crippen LogP contribution is 2.27. The second-order valence-electron chi connectivity index (χ2n) is 3.96. The smallest absolute Gasteiger partial charge is 0.124 e. The highest BCUT2D eigenvalue weighted by atomic mass is 35.5. The molecule has 1 aliphatic heterocycles. The Balaban J connectivity index is 2.25. The summed E-state index contributed by atoms with van der Waals surface area (Å²) in [5.41, 5.74) is 0.624. The number of likely N-dealkylation sites (tertiary alicyclic amines) is 1. The lowest BCUT2D eigenvalue weighted by molar-refractivity contribution is 0.502. The summed E-state index contributed by atoms with van der Waals surface area (Å²) in [6, 6.07) is 4.26. The maximum absolute atomic E-state index is 12.9. The summed E-state index contributed by atoms with van der Waals surface area (Å²) in [5, 5.41) is 0.350. The van der Waals surface area contributed by atoms with Crippen molar-refractivity contribution in [2.45, 2.75) is 12.8 Å². The van der Waals surface area contributed by atoms with Gasteiger partial charge in [-0.2, -0.15) is 0 Å². The fourth-order valence-corrected chi connectivity index (χ4v) is 2.11. The Morgan fingerprint density at radius 1 is 1.53 bits per heavy atom. The van der Waals surface area contributed by atoms with E-state index in [1.54, 1.807) is 6.07 Å². The quantitative estimate of drug-likeness (QED) is 0.748. The van der Waals surface area contributed by atoms with Gasteiger partial charge in [0.15, 0.2) is 0 Å². The Labute approximate surface area is 105 Å². The van der Waals surface area contributed by atoms with Crippen LogP contribution in [-0.2, 0) is 0 Å². The third-order valence-electron chi connectivity index (χ3n) is 2.70. The van der Waals surface area contributed by atoms with Gasteiger partial charge in [0.1, 0.15) is 11.7 Å². The molecule has 17 heavy (non-hydrogen) atoms. The molecule has 0 aliphatic carbocycles. The molecule has 2 rings (SSSR count). The van der Waals surface area contributed by atoms with Gasteiger partial charge < -0.3 is 4.90 Å². The van der Waals surface area contributed by atoms with Gasteiger partial charge >= 0.3 is 0 Å². The van der Waals surface area contributed by atoms with Crippen LogP contribution in [0.1, 0.15) is 12.8 Å². The first-order valence-electron chi connectivity index (χ1n) is 5.59. The molecule has 90 valence electrons. The summed E-state index contributed by atoms with van der Waals surface area (Å²) in [6.07, 6.45) is 3.88. The molecule has 0 N–H and O–H groups in total. The zero-order chi connectivity index (χ0) is 12.3. The van der Waals surface area contributed by atoms with Crippen LogP contribution in [0, 0.1) is 5.82 Å². The molecule has 0 amide bonds. The van der Waals surface area contributed by atoms with E-state index in [0.29, 0.717) is 10.7 Å². The van der Waals surface area contributed by atoms with E-state index in [-0.39, 0.29) is 5.82 Å². The van der Waals surface area contributed by atoms with E-state index >= 15 is 0 Å². The molecule has 1 aromatic carbocycles. The van der Waals surface area contributed by atoms with E-state index in [4.69, 9.17) is 11.6 Å². The molecular formula is C13H14ClFN2. The molecule has 1 fully saturated rings. The van der Waals surface area contributed by atoms with Crippen LogP contribution in [0.2, 0.25) is 5.02 Å². The number of rotatable bonds is 3. The summed E-state index contributed by atoms with van der Waals surface area (Å²) in [7, 11) is 0. The first kappa shape index (κ1) is 12.1. The van der Waals surface area contributed by atoms with Crippen LogP contribution >= 0.6 is 11.6 Å². The van der Waals surface area contributed by atoms with Gasteiger partial charge in [0.2, 0.25) is 0 Å². The topological polar surface area (TPSA) is 15.6 Å². The minimum Gasteiger partial charge on any atom is -0.356 e. The first-order valence-corrected chi connectivity index (χ1v) is 5.97. The Bertz CT molecular complexity index is 457. The standard InChI is InChI=1S/C13H14ClFN2/c1-2-7-17-8-3-4-13(17)16-12-6-5-10(15)9-11(12)14/h2,5-6,9H,1,3-4,7-8H2. The summed E-state index contributed by atoms with van der Waals surface area (Å²) < 4.78 is 12.9. The molecule has 0 aromatic heterocycles. The fraction of sp³-hybridized carbons (Fsp3) is 0.308. The van der Waals surface area contributed by atoms with Crippen molar-refractivity contribution < 1.29 is 4.39 Å². The SMILES string of the molecule is C=CCN1CCCC1=Nc1ccc(F)cc1Cl. The molecule has 1 heterocycles. The van der Waals surface area contributed by atoms with Crippen molar-refractivity contribution in [2.75, 3.05) is 13.1 Å². The van der Waals surface area contributed by atoms with Gasteiger partial charge in [0.25, 0.3) is 0 Å². The van der Waals surface area contributed by atoms with Crippen LogP contribution < -0.4 is 0 Å². The monoisotopic (exact) mass is 252 g/mol. The van der Waals surface area contributed by atoms with Gasteiger partial charge in [-0.1, -0.05) is 17.7 Å². The normalized spacial score (nSPS) is 17.8. The average Bonchev–Trinajstić information content (AvgIpc) is 2.71. The zero-order valence-corrected chi connectivity index (χ0v) is 10.3. The van der Waals surface area contributed by atoms with E-state index in [9.17, 15) is 4.39 Å². The maximum Gasteiger partial charge on any atom is 0.124 e. The predicted octanol–water partition coefficient (Wildman–Crippen LogP) is 3.79. The van der Waals surface area contributed by atoms with Crippen molar-refractivity contribution in [3.8, 4) is 0 Å². The largest absolute Gasteiger partial charge is 0.356 e. The molecule has 1 aliphatic rings. The Kier molecular flexibility index (Phi) is 3.79. The average molecular weight is 253 g/mol. The van der Waals surface area contributed by atoms with Gasteiger partial charge in [-0.3, -0.25) is 0 Å². The second-order valence-corrected chi connectivity index (χ2v) is 4.37. The van der Waals surface area contributed by atoms with Crippen molar-refractivity contribution in [3.05, 3.63) is 41.7 Å². The van der Waals surface area contributed by atoms with E-state index in [1.165, 1.54) is 12.1 Å². The number of benzene rings is 1. The van der Waals surface area contributed by atoms with Gasteiger partial charge in [-0.05, 0) is 24.6 Å². The summed E-state index contributed by atoms with van der Waals surface area (Å²) >= 11 is 5.95. The molecule has 2 nitrogen and oxygen atoms in total. The molecule has 0 unspecified atom stereocenters. The maximum atomic E-state index is 12.9. The van der Waals surface area contributed by atoms with E-state index < -0.39 is 0 Å². The Morgan fingerprint density at radius 2 is 2.35 bits per heavy atom. The van der Waals surface area contributed by atoms with E-state index in [0.717, 1.165) is 31.8 Å². The Morgan fingerprint density at radius 3 is 3.06 bits per heavy atom. The molecule has 0 atom stereocenters. The molecule has 0 radical (unpaired) electrons. The van der Waals surface area contributed by atoms with Crippen LogP contribution in [0.3, 0.4) is 0 Å². The molecule has 1 aromatic rings. The number of nitrogens with zero attached hydrogens (tertiary/aromatic N) is 2. The Hall–Kier alpha value is -1.35. The van der Waals surface area contributed by atoms with Crippen LogP contribution in [0.5, 0.6) is 0 Å². The third kappa shape index (κ3) is 2.86. The summed E-state index contributed by atoms with van der Waals surface area (Å²) in [6.45, 7) is 5.50. The predicted molar refractivity (Wildman–Crippen MR) is 69.5 cm³/mol.